The Hall–Kier alpha value is -2.91. The van der Waals surface area contributed by atoms with Gasteiger partial charge in [0.2, 0.25) is 5.95 Å². The number of fused-ring (bicyclic) bond motifs is 2. The van der Waals surface area contributed by atoms with Crippen LogP contribution in [0.15, 0.2) is 18.5 Å². The third-order valence-electron chi connectivity index (χ3n) is 7.11. The van der Waals surface area contributed by atoms with Crippen molar-refractivity contribution in [3.05, 3.63) is 35.2 Å². The predicted molar refractivity (Wildman–Crippen MR) is 138 cm³/mol. The van der Waals surface area contributed by atoms with Gasteiger partial charge in [-0.2, -0.15) is 13.2 Å². The van der Waals surface area contributed by atoms with Crippen molar-refractivity contribution in [2.24, 2.45) is 0 Å². The maximum atomic E-state index is 14.1. The Labute approximate surface area is 212 Å². The minimum atomic E-state index is -4.68. The van der Waals surface area contributed by atoms with Crippen LogP contribution in [0, 0.1) is 0 Å². The average molecular weight is 535 g/mol. The van der Waals surface area contributed by atoms with E-state index >= 15 is 0 Å². The summed E-state index contributed by atoms with van der Waals surface area (Å²) in [5.41, 5.74) is 0.379. The summed E-state index contributed by atoms with van der Waals surface area (Å²) >= 11 is 0. The van der Waals surface area contributed by atoms with E-state index in [1.54, 1.807) is 19.4 Å². The Morgan fingerprint density at radius 1 is 1.24 bits per heavy atom. The quantitative estimate of drug-likeness (QED) is 0.375. The molecule has 2 aliphatic rings. The molecule has 3 aromatic rings. The highest BCUT2D eigenvalue weighted by Gasteiger charge is 2.37. The zero-order chi connectivity index (χ0) is 26.8. The van der Waals surface area contributed by atoms with Crippen LogP contribution in [0.2, 0.25) is 0 Å². The normalized spacial score (nSPS) is 20.0. The molecule has 0 spiro atoms. The fraction of sp³-hybridized carbons (Fsp3) is 0.480. The number of alkyl halides is 3. The summed E-state index contributed by atoms with van der Waals surface area (Å²) in [4.78, 5) is 24.0. The van der Waals surface area contributed by atoms with Gasteiger partial charge >= 0.3 is 6.18 Å². The molecule has 0 bridgehead atoms. The van der Waals surface area contributed by atoms with Crippen LogP contribution in [-0.2, 0) is 17.2 Å². The van der Waals surface area contributed by atoms with Crippen LogP contribution in [0.4, 0.5) is 19.1 Å². The molecule has 0 unspecified atom stereocenters. The summed E-state index contributed by atoms with van der Waals surface area (Å²) < 4.78 is 55.6. The molecule has 0 radical (unpaired) electrons. The summed E-state index contributed by atoms with van der Waals surface area (Å²) in [6.07, 6.45) is -0.221. The number of hydrogen-bond donors (Lipinski definition) is 4. The second-order valence-electron chi connectivity index (χ2n) is 10.8. The molecule has 1 aromatic carbocycles. The van der Waals surface area contributed by atoms with Crippen LogP contribution < -0.4 is 21.3 Å². The monoisotopic (exact) mass is 534 g/mol. The highest BCUT2D eigenvalue weighted by atomic mass is 31.2. The standard InChI is InChI=1S/C25H30F3N6O2P/c1-24(2)7-5-14(10-32-24)33-23-31-12-17(25(26,27)28)19(34-23)16-11-30-20-15(16)9-13-6-8-29-22(35)18(13)21(20)37(3,4)36/h9,11-12,14,30,32H,5-8,10H2,1-4H3,(H,29,35)(H,31,33,34)/t14-/m0/s1. The van der Waals surface area contributed by atoms with E-state index in [2.05, 4.69) is 44.7 Å². The van der Waals surface area contributed by atoms with Gasteiger partial charge in [0.1, 0.15) is 12.7 Å². The number of nitrogens with one attached hydrogen (secondary N) is 4. The van der Waals surface area contributed by atoms with Crippen LogP contribution in [-0.4, -0.2) is 58.9 Å². The van der Waals surface area contributed by atoms with E-state index in [1.807, 2.05) is 0 Å². The van der Waals surface area contributed by atoms with Gasteiger partial charge in [0, 0.05) is 53.3 Å². The number of aromatic amines is 1. The van der Waals surface area contributed by atoms with Crippen LogP contribution in [0.1, 0.15) is 48.2 Å². The summed E-state index contributed by atoms with van der Waals surface area (Å²) in [6, 6.07) is 1.69. The number of carbonyl (C=O) groups excluding carboxylic acids is 1. The van der Waals surface area contributed by atoms with E-state index in [-0.39, 0.29) is 34.7 Å². The number of piperidine rings is 1. The Kier molecular flexibility index (Phi) is 6.15. The van der Waals surface area contributed by atoms with Crippen molar-refractivity contribution < 1.29 is 22.5 Å². The number of carbonyl (C=O) groups is 1. The van der Waals surface area contributed by atoms with Crippen molar-refractivity contribution >= 4 is 35.2 Å². The largest absolute Gasteiger partial charge is 0.419 e. The Morgan fingerprint density at radius 2 is 2.00 bits per heavy atom. The van der Waals surface area contributed by atoms with Crippen LogP contribution in [0.5, 0.6) is 0 Å². The molecule has 1 saturated heterocycles. The molecule has 1 fully saturated rings. The van der Waals surface area contributed by atoms with E-state index < -0.39 is 18.9 Å². The van der Waals surface area contributed by atoms with Crippen molar-refractivity contribution in [3.63, 3.8) is 0 Å². The Bertz CT molecular complexity index is 1430. The smallest absolute Gasteiger partial charge is 0.360 e. The molecule has 0 aliphatic carbocycles. The molecule has 37 heavy (non-hydrogen) atoms. The van der Waals surface area contributed by atoms with Crippen molar-refractivity contribution in [2.75, 3.05) is 31.7 Å². The molecule has 1 amide bonds. The van der Waals surface area contributed by atoms with Gasteiger partial charge in [-0.15, -0.1) is 0 Å². The number of rotatable bonds is 4. The lowest BCUT2D eigenvalue weighted by Crippen LogP contribution is -2.50. The zero-order valence-electron chi connectivity index (χ0n) is 21.1. The first kappa shape index (κ1) is 25.7. The first-order chi connectivity index (χ1) is 17.2. The Morgan fingerprint density at radius 3 is 2.65 bits per heavy atom. The molecular weight excluding hydrogens is 504 g/mol. The van der Waals surface area contributed by atoms with Gasteiger partial charge < -0.3 is 25.5 Å². The van der Waals surface area contributed by atoms with Gasteiger partial charge in [-0.1, -0.05) is 0 Å². The lowest BCUT2D eigenvalue weighted by atomic mass is 9.91. The number of nitrogens with zero attached hydrogens (tertiary/aromatic N) is 2. The summed E-state index contributed by atoms with van der Waals surface area (Å²) in [7, 11) is -2.99. The topological polar surface area (TPSA) is 112 Å². The van der Waals surface area contributed by atoms with Gasteiger partial charge in [0.15, 0.2) is 0 Å². The highest BCUT2D eigenvalue weighted by molar-refractivity contribution is 7.70. The predicted octanol–water partition coefficient (Wildman–Crippen LogP) is 4.12. The van der Waals surface area contributed by atoms with E-state index in [9.17, 15) is 22.5 Å². The number of hydrogen-bond acceptors (Lipinski definition) is 6. The molecule has 4 N–H and O–H groups in total. The minimum absolute atomic E-state index is 0.000118. The fourth-order valence-corrected chi connectivity index (χ4v) is 6.69. The maximum Gasteiger partial charge on any atom is 0.419 e. The average Bonchev–Trinajstić information content (AvgIpc) is 3.21. The molecule has 4 heterocycles. The lowest BCUT2D eigenvalue weighted by Gasteiger charge is -2.36. The number of anilines is 1. The first-order valence-electron chi connectivity index (χ1n) is 12.2. The van der Waals surface area contributed by atoms with Crippen molar-refractivity contribution in [2.45, 2.75) is 50.9 Å². The zero-order valence-corrected chi connectivity index (χ0v) is 22.0. The maximum absolute atomic E-state index is 14.1. The van der Waals surface area contributed by atoms with Crippen molar-refractivity contribution in [1.29, 1.82) is 0 Å². The van der Waals surface area contributed by atoms with E-state index in [0.29, 0.717) is 46.8 Å². The summed E-state index contributed by atoms with van der Waals surface area (Å²) in [5.74, 6) is -0.218. The summed E-state index contributed by atoms with van der Waals surface area (Å²) in [5, 5.41) is 10.2. The number of H-pyrrole nitrogens is 1. The molecular formula is C25H30F3N6O2P. The highest BCUT2D eigenvalue weighted by Crippen LogP contribution is 2.44. The lowest BCUT2D eigenvalue weighted by molar-refractivity contribution is -0.137. The molecule has 1 atom stereocenters. The SMILES string of the molecule is CC1(C)CC[C@H](Nc2ncc(C(F)(F)F)c(-c3c[nH]c4c(P(C)(C)=O)c5c(cc34)CCNC5=O)n2)CN1. The molecule has 2 aromatic heterocycles. The van der Waals surface area contributed by atoms with Crippen LogP contribution in [0.25, 0.3) is 22.2 Å². The van der Waals surface area contributed by atoms with E-state index in [0.717, 1.165) is 19.0 Å². The molecule has 12 heteroatoms. The number of halogens is 3. The van der Waals surface area contributed by atoms with Gasteiger partial charge in [-0.25, -0.2) is 9.97 Å². The van der Waals surface area contributed by atoms with Crippen LogP contribution in [0.3, 0.4) is 0 Å². The van der Waals surface area contributed by atoms with Gasteiger partial charge in [-0.05, 0) is 58.1 Å². The summed E-state index contributed by atoms with van der Waals surface area (Å²) in [6.45, 7) is 8.36. The molecule has 5 rings (SSSR count). The van der Waals surface area contributed by atoms with Gasteiger partial charge in [-0.3, -0.25) is 4.79 Å². The number of benzene rings is 1. The number of aromatic nitrogens is 3. The van der Waals surface area contributed by atoms with E-state index in [4.69, 9.17) is 0 Å². The molecule has 2 aliphatic heterocycles. The minimum Gasteiger partial charge on any atom is -0.360 e. The van der Waals surface area contributed by atoms with Gasteiger partial charge in [0.05, 0.1) is 16.8 Å². The fourth-order valence-electron chi connectivity index (χ4n) is 5.18. The van der Waals surface area contributed by atoms with E-state index in [1.165, 1.54) is 6.20 Å². The molecule has 198 valence electrons. The second-order valence-corrected chi connectivity index (χ2v) is 14.0. The van der Waals surface area contributed by atoms with Crippen LogP contribution >= 0.6 is 7.14 Å². The third kappa shape index (κ3) is 4.86. The molecule has 8 nitrogen and oxygen atoms in total. The van der Waals surface area contributed by atoms with Crippen molar-refractivity contribution in [3.8, 4) is 11.3 Å². The number of amides is 1. The van der Waals surface area contributed by atoms with Crippen molar-refractivity contribution in [1.82, 2.24) is 25.6 Å². The third-order valence-corrected chi connectivity index (χ3v) is 8.63. The first-order valence-corrected chi connectivity index (χ1v) is 14.8. The Balaban J connectivity index is 1.66. The van der Waals surface area contributed by atoms with Gasteiger partial charge in [0.25, 0.3) is 5.91 Å². The second kappa shape index (κ2) is 8.84. The molecule has 0 saturated carbocycles.